The fraction of sp³-hybridized carbons (Fsp3) is 0.833. The van der Waals surface area contributed by atoms with Crippen LogP contribution in [0.3, 0.4) is 0 Å². The Morgan fingerprint density at radius 2 is 1.77 bits per heavy atom. The summed E-state index contributed by atoms with van der Waals surface area (Å²) >= 11 is 0. The summed E-state index contributed by atoms with van der Waals surface area (Å²) < 4.78 is 6.05. The van der Waals surface area contributed by atoms with Gasteiger partial charge < -0.3 is 4.74 Å². The van der Waals surface area contributed by atoms with Crippen LogP contribution in [0.25, 0.3) is 0 Å². The number of hydrogen-bond acceptors (Lipinski definition) is 1. The molecule has 0 radical (unpaired) electrons. The molecule has 2 aliphatic rings. The molecule has 3 atom stereocenters. The van der Waals surface area contributed by atoms with E-state index in [0.717, 1.165) is 5.92 Å². The highest BCUT2D eigenvalue weighted by atomic mass is 16.5. The molecule has 0 bridgehead atoms. The molecule has 0 unspecified atom stereocenters. The molecule has 0 aromatic heterocycles. The van der Waals surface area contributed by atoms with E-state index in [1.54, 1.807) is 0 Å². The highest BCUT2D eigenvalue weighted by molar-refractivity contribution is 4.87. The molecule has 0 N–H and O–H groups in total. The molecule has 74 valence electrons. The number of rotatable bonds is 1. The molecule has 1 saturated heterocycles. The van der Waals surface area contributed by atoms with Crippen LogP contribution in [0.4, 0.5) is 0 Å². The normalized spacial score (nSPS) is 40.5. The fourth-order valence-corrected chi connectivity index (χ4v) is 2.73. The first-order valence-corrected chi connectivity index (χ1v) is 5.68. The quantitative estimate of drug-likeness (QED) is 0.563. The van der Waals surface area contributed by atoms with E-state index in [1.165, 1.54) is 44.9 Å². The largest absolute Gasteiger partial charge is 0.371 e. The van der Waals surface area contributed by atoms with Crippen molar-refractivity contribution >= 4 is 0 Å². The summed E-state index contributed by atoms with van der Waals surface area (Å²) in [5.41, 5.74) is 0. The lowest BCUT2D eigenvalue weighted by atomic mass is 9.84. The van der Waals surface area contributed by atoms with E-state index in [0.29, 0.717) is 12.2 Å². The topological polar surface area (TPSA) is 9.23 Å². The average molecular weight is 180 g/mol. The van der Waals surface area contributed by atoms with Crippen LogP contribution in [0.1, 0.15) is 44.9 Å². The van der Waals surface area contributed by atoms with Gasteiger partial charge in [-0.3, -0.25) is 0 Å². The maximum atomic E-state index is 6.05. The van der Waals surface area contributed by atoms with Crippen LogP contribution >= 0.6 is 0 Å². The minimum atomic E-state index is 0.341. The van der Waals surface area contributed by atoms with Gasteiger partial charge in [-0.2, -0.15) is 0 Å². The second-order valence-corrected chi connectivity index (χ2v) is 4.42. The third kappa shape index (κ3) is 2.14. The molecule has 0 aromatic rings. The van der Waals surface area contributed by atoms with Gasteiger partial charge in [0.2, 0.25) is 0 Å². The van der Waals surface area contributed by atoms with E-state index in [9.17, 15) is 0 Å². The van der Waals surface area contributed by atoms with E-state index in [4.69, 9.17) is 4.74 Å². The van der Waals surface area contributed by atoms with E-state index in [1.807, 2.05) is 6.08 Å². The molecule has 1 aliphatic carbocycles. The summed E-state index contributed by atoms with van der Waals surface area (Å²) in [6.07, 6.45) is 12.3. The molecule has 1 nitrogen and oxygen atoms in total. The van der Waals surface area contributed by atoms with Crippen LogP contribution in [0.15, 0.2) is 12.7 Å². The van der Waals surface area contributed by atoms with Crippen molar-refractivity contribution < 1.29 is 4.74 Å². The molecule has 1 aliphatic heterocycles. The molecule has 13 heavy (non-hydrogen) atoms. The van der Waals surface area contributed by atoms with Gasteiger partial charge in [0.25, 0.3) is 0 Å². The van der Waals surface area contributed by atoms with Gasteiger partial charge in [0, 0.05) is 0 Å². The van der Waals surface area contributed by atoms with Crippen molar-refractivity contribution in [3.63, 3.8) is 0 Å². The van der Waals surface area contributed by atoms with E-state index in [-0.39, 0.29) is 0 Å². The summed E-state index contributed by atoms with van der Waals surface area (Å²) in [6.45, 7) is 3.84. The van der Waals surface area contributed by atoms with E-state index >= 15 is 0 Å². The average Bonchev–Trinajstić information content (AvgIpc) is 2.38. The standard InChI is InChI=1S/C12H20O/c1-2-11-8-5-7-10-6-3-4-9-12(10)13-11/h2,10-12H,1,3-9H2/t10-,11-,12+/m1/s1. The van der Waals surface area contributed by atoms with Crippen LogP contribution < -0.4 is 0 Å². The minimum absolute atomic E-state index is 0.341. The van der Waals surface area contributed by atoms with Crippen molar-refractivity contribution in [3.05, 3.63) is 12.7 Å². The third-order valence-corrected chi connectivity index (χ3v) is 3.52. The Hall–Kier alpha value is -0.300. The first kappa shape index (κ1) is 9.26. The Balaban J connectivity index is 1.98. The van der Waals surface area contributed by atoms with Gasteiger partial charge in [-0.15, -0.1) is 6.58 Å². The first-order valence-electron chi connectivity index (χ1n) is 5.68. The lowest BCUT2D eigenvalue weighted by Crippen LogP contribution is -2.28. The highest BCUT2D eigenvalue weighted by Crippen LogP contribution is 2.34. The lowest BCUT2D eigenvalue weighted by Gasteiger charge is -2.30. The van der Waals surface area contributed by atoms with Crippen LogP contribution in [-0.4, -0.2) is 12.2 Å². The first-order chi connectivity index (χ1) is 6.40. The monoisotopic (exact) mass is 180 g/mol. The number of fused-ring (bicyclic) bond motifs is 1. The summed E-state index contributed by atoms with van der Waals surface area (Å²) in [5.74, 6) is 0.860. The Bertz CT molecular complexity index is 176. The Labute approximate surface area is 81.2 Å². The van der Waals surface area contributed by atoms with Crippen LogP contribution in [-0.2, 0) is 4.74 Å². The molecule has 1 heteroatoms. The molecule has 2 fully saturated rings. The van der Waals surface area contributed by atoms with E-state index < -0.39 is 0 Å². The van der Waals surface area contributed by atoms with Gasteiger partial charge in [0.05, 0.1) is 12.2 Å². The highest BCUT2D eigenvalue weighted by Gasteiger charge is 2.29. The van der Waals surface area contributed by atoms with Crippen molar-refractivity contribution in [1.29, 1.82) is 0 Å². The molecule has 0 aromatic carbocycles. The van der Waals surface area contributed by atoms with Gasteiger partial charge in [0.1, 0.15) is 0 Å². The van der Waals surface area contributed by atoms with Crippen LogP contribution in [0.2, 0.25) is 0 Å². The maximum Gasteiger partial charge on any atom is 0.0757 e. The summed E-state index contributed by atoms with van der Waals surface area (Å²) in [7, 11) is 0. The lowest BCUT2D eigenvalue weighted by molar-refractivity contribution is -0.0287. The van der Waals surface area contributed by atoms with Crippen molar-refractivity contribution in [1.82, 2.24) is 0 Å². The zero-order chi connectivity index (χ0) is 9.10. The summed E-state index contributed by atoms with van der Waals surface area (Å²) in [5, 5.41) is 0. The molecule has 0 amide bonds. The summed E-state index contributed by atoms with van der Waals surface area (Å²) in [6, 6.07) is 0. The van der Waals surface area contributed by atoms with Crippen molar-refractivity contribution in [3.8, 4) is 0 Å². The zero-order valence-corrected chi connectivity index (χ0v) is 8.37. The van der Waals surface area contributed by atoms with Gasteiger partial charge in [-0.1, -0.05) is 25.3 Å². The second kappa shape index (κ2) is 4.28. The molecular weight excluding hydrogens is 160 g/mol. The molecule has 2 rings (SSSR count). The van der Waals surface area contributed by atoms with Gasteiger partial charge in [0.15, 0.2) is 0 Å². The Morgan fingerprint density at radius 3 is 2.62 bits per heavy atom. The molecule has 1 saturated carbocycles. The van der Waals surface area contributed by atoms with Crippen LogP contribution in [0, 0.1) is 5.92 Å². The Morgan fingerprint density at radius 1 is 1.00 bits per heavy atom. The minimum Gasteiger partial charge on any atom is -0.371 e. The second-order valence-electron chi connectivity index (χ2n) is 4.42. The SMILES string of the molecule is C=C[C@@H]1CCC[C@H]2CCCC[C@@H]2O1. The predicted molar refractivity (Wildman–Crippen MR) is 54.7 cm³/mol. The van der Waals surface area contributed by atoms with Crippen LogP contribution in [0.5, 0.6) is 0 Å². The fourth-order valence-electron chi connectivity index (χ4n) is 2.73. The molecular formula is C12H20O. The number of ether oxygens (including phenoxy) is 1. The van der Waals surface area contributed by atoms with Gasteiger partial charge in [-0.25, -0.2) is 0 Å². The van der Waals surface area contributed by atoms with Crippen molar-refractivity contribution in [2.45, 2.75) is 57.2 Å². The maximum absolute atomic E-state index is 6.05. The van der Waals surface area contributed by atoms with E-state index in [2.05, 4.69) is 6.58 Å². The van der Waals surface area contributed by atoms with Gasteiger partial charge in [-0.05, 0) is 31.6 Å². The zero-order valence-electron chi connectivity index (χ0n) is 8.37. The third-order valence-electron chi connectivity index (χ3n) is 3.52. The molecule has 0 spiro atoms. The molecule has 1 heterocycles. The smallest absolute Gasteiger partial charge is 0.0757 e. The number of hydrogen-bond donors (Lipinski definition) is 0. The van der Waals surface area contributed by atoms with Crippen molar-refractivity contribution in [2.24, 2.45) is 5.92 Å². The predicted octanol–water partition coefficient (Wildman–Crippen LogP) is 3.30. The van der Waals surface area contributed by atoms with Crippen molar-refractivity contribution in [2.75, 3.05) is 0 Å². The van der Waals surface area contributed by atoms with Gasteiger partial charge >= 0.3 is 0 Å². The summed E-state index contributed by atoms with van der Waals surface area (Å²) in [4.78, 5) is 0. The Kier molecular flexibility index (Phi) is 3.05.